The van der Waals surface area contributed by atoms with Crippen LogP contribution in [0.25, 0.3) is 22.2 Å². The van der Waals surface area contributed by atoms with Gasteiger partial charge in [-0.2, -0.15) is 0 Å². The summed E-state index contributed by atoms with van der Waals surface area (Å²) in [5.74, 6) is -0.0832. The van der Waals surface area contributed by atoms with Crippen molar-refractivity contribution in [3.05, 3.63) is 42.1 Å². The van der Waals surface area contributed by atoms with Crippen molar-refractivity contribution in [2.24, 2.45) is 0 Å². The molecule has 3 rings (SSSR count). The number of rotatable bonds is 10. The molecule has 166 valence electrons. The Labute approximate surface area is 184 Å². The van der Waals surface area contributed by atoms with E-state index in [0.717, 1.165) is 34.6 Å². The summed E-state index contributed by atoms with van der Waals surface area (Å²) in [6.45, 7) is 8.75. The smallest absolute Gasteiger partial charge is 0.343 e. The molecule has 6 nitrogen and oxygen atoms in total. The number of carbonyl (C=O) groups is 1. The number of hydrogen-bond acceptors (Lipinski definition) is 6. The van der Waals surface area contributed by atoms with E-state index in [1.54, 1.807) is 14.0 Å². The quantitative estimate of drug-likeness (QED) is 0.239. The van der Waals surface area contributed by atoms with E-state index in [1.165, 1.54) is 6.20 Å². The molecule has 0 radical (unpaired) electrons. The fourth-order valence-electron chi connectivity index (χ4n) is 4.14. The van der Waals surface area contributed by atoms with E-state index in [4.69, 9.17) is 18.6 Å². The number of methoxy groups -OCH3 is 1. The highest BCUT2D eigenvalue weighted by Crippen LogP contribution is 2.40. The highest BCUT2D eigenvalue weighted by Gasteiger charge is 2.38. The standard InChI is InChI=1S/C24H31NO5Si/c1-6-28-23(26)18-15-25-22-20(21(18)29-16-27-5)19(17-13-11-10-12-14-17)24(30-22)31(7-2,8-3)9-4/h10-15H,6-9,16H2,1-5H3. The van der Waals surface area contributed by atoms with Crippen molar-refractivity contribution in [2.45, 2.75) is 45.8 Å². The second kappa shape index (κ2) is 10.1. The van der Waals surface area contributed by atoms with Gasteiger partial charge in [0.15, 0.2) is 12.5 Å². The third-order valence-corrected chi connectivity index (χ3v) is 11.4. The Morgan fingerprint density at radius 3 is 2.32 bits per heavy atom. The summed E-state index contributed by atoms with van der Waals surface area (Å²) in [5, 5.41) is 1.72. The van der Waals surface area contributed by atoms with Crippen LogP contribution in [-0.4, -0.2) is 39.5 Å². The van der Waals surface area contributed by atoms with Crippen molar-refractivity contribution in [3.8, 4) is 16.9 Å². The number of pyridine rings is 1. The van der Waals surface area contributed by atoms with Crippen LogP contribution in [0.15, 0.2) is 40.9 Å². The van der Waals surface area contributed by atoms with Crippen LogP contribution < -0.4 is 10.1 Å². The first-order chi connectivity index (χ1) is 15.1. The Hall–Kier alpha value is -2.64. The summed E-state index contributed by atoms with van der Waals surface area (Å²) in [6, 6.07) is 13.3. The second-order valence-corrected chi connectivity index (χ2v) is 12.6. The van der Waals surface area contributed by atoms with Crippen LogP contribution in [0.1, 0.15) is 38.1 Å². The maximum absolute atomic E-state index is 12.7. The molecule has 0 aliphatic carbocycles. The molecule has 0 N–H and O–H groups in total. The van der Waals surface area contributed by atoms with Gasteiger partial charge in [-0.25, -0.2) is 9.78 Å². The Morgan fingerprint density at radius 2 is 1.74 bits per heavy atom. The van der Waals surface area contributed by atoms with Crippen LogP contribution >= 0.6 is 0 Å². The fourth-order valence-corrected chi connectivity index (χ4v) is 7.72. The van der Waals surface area contributed by atoms with Gasteiger partial charge in [0.2, 0.25) is 5.71 Å². The summed E-state index contributed by atoms with van der Waals surface area (Å²) in [5.41, 5.74) is 2.74. The lowest BCUT2D eigenvalue weighted by Crippen LogP contribution is -2.45. The van der Waals surface area contributed by atoms with E-state index in [9.17, 15) is 4.79 Å². The fraction of sp³-hybridized carbons (Fsp3) is 0.417. The van der Waals surface area contributed by atoms with Gasteiger partial charge in [-0.1, -0.05) is 69.2 Å². The summed E-state index contributed by atoms with van der Waals surface area (Å²) in [6.07, 6.45) is 1.47. The number of hydrogen-bond donors (Lipinski definition) is 0. The molecule has 0 atom stereocenters. The number of benzene rings is 1. The number of fused-ring (bicyclic) bond motifs is 1. The van der Waals surface area contributed by atoms with Gasteiger partial charge in [0.05, 0.1) is 17.4 Å². The largest absolute Gasteiger partial charge is 0.466 e. The maximum Gasteiger partial charge on any atom is 0.343 e. The lowest BCUT2D eigenvalue weighted by Gasteiger charge is -2.26. The van der Waals surface area contributed by atoms with Gasteiger partial charge < -0.3 is 18.6 Å². The average Bonchev–Trinajstić information content (AvgIpc) is 3.20. The predicted octanol–water partition coefficient (Wildman–Crippen LogP) is 5.37. The zero-order valence-electron chi connectivity index (χ0n) is 19.0. The van der Waals surface area contributed by atoms with Crippen molar-refractivity contribution in [1.29, 1.82) is 0 Å². The Bertz CT molecular complexity index is 1020. The Morgan fingerprint density at radius 1 is 1.06 bits per heavy atom. The number of ether oxygens (including phenoxy) is 3. The lowest BCUT2D eigenvalue weighted by atomic mass is 10.0. The molecule has 3 aromatic rings. The number of nitrogens with zero attached hydrogens (tertiary/aromatic N) is 1. The van der Waals surface area contributed by atoms with E-state index in [1.807, 2.05) is 18.2 Å². The van der Waals surface area contributed by atoms with Gasteiger partial charge in [-0.05, 0) is 12.5 Å². The molecule has 0 aliphatic rings. The molecule has 1 aromatic carbocycles. The van der Waals surface area contributed by atoms with E-state index in [0.29, 0.717) is 16.8 Å². The van der Waals surface area contributed by atoms with Crippen LogP contribution in [0.2, 0.25) is 18.1 Å². The van der Waals surface area contributed by atoms with Crippen LogP contribution in [0.4, 0.5) is 0 Å². The number of esters is 1. The molecule has 0 spiro atoms. The number of aromatic nitrogens is 1. The summed E-state index contributed by atoms with van der Waals surface area (Å²) in [4.78, 5) is 17.2. The minimum Gasteiger partial charge on any atom is -0.466 e. The zero-order chi connectivity index (χ0) is 22.4. The molecule has 0 unspecified atom stereocenters. The highest BCUT2D eigenvalue weighted by molar-refractivity contribution is 6.92. The Kier molecular flexibility index (Phi) is 7.51. The zero-order valence-corrected chi connectivity index (χ0v) is 20.0. The first-order valence-corrected chi connectivity index (χ1v) is 13.5. The molecule has 0 aliphatic heterocycles. The third kappa shape index (κ3) is 4.25. The van der Waals surface area contributed by atoms with Crippen molar-refractivity contribution in [3.63, 3.8) is 0 Å². The molecule has 0 fully saturated rings. The summed E-state index contributed by atoms with van der Waals surface area (Å²) >= 11 is 0. The molecule has 2 heterocycles. The predicted molar refractivity (Wildman–Crippen MR) is 125 cm³/mol. The molecule has 7 heteroatoms. The van der Waals surface area contributed by atoms with Gasteiger partial charge in [0.1, 0.15) is 13.6 Å². The lowest BCUT2D eigenvalue weighted by molar-refractivity contribution is 0.0445. The summed E-state index contributed by atoms with van der Waals surface area (Å²) < 4.78 is 22.8. The Balaban J connectivity index is 2.43. The van der Waals surface area contributed by atoms with Crippen molar-refractivity contribution < 1.29 is 23.4 Å². The average molecular weight is 442 g/mol. The minimum atomic E-state index is -1.93. The van der Waals surface area contributed by atoms with Crippen molar-refractivity contribution >= 4 is 30.5 Å². The van der Waals surface area contributed by atoms with E-state index < -0.39 is 14.0 Å². The van der Waals surface area contributed by atoms with Crippen molar-refractivity contribution in [2.75, 3.05) is 20.5 Å². The van der Waals surface area contributed by atoms with Crippen molar-refractivity contribution in [1.82, 2.24) is 4.98 Å². The van der Waals surface area contributed by atoms with Crippen LogP contribution in [0.3, 0.4) is 0 Å². The van der Waals surface area contributed by atoms with Crippen LogP contribution in [0.5, 0.6) is 5.75 Å². The van der Waals surface area contributed by atoms with Gasteiger partial charge in [0.25, 0.3) is 0 Å². The van der Waals surface area contributed by atoms with Gasteiger partial charge >= 0.3 is 5.97 Å². The van der Waals surface area contributed by atoms with Gasteiger partial charge in [0, 0.05) is 18.9 Å². The molecule has 0 bridgehead atoms. The molecule has 0 saturated carbocycles. The normalized spacial score (nSPS) is 11.6. The van der Waals surface area contributed by atoms with E-state index in [2.05, 4.69) is 37.9 Å². The van der Waals surface area contributed by atoms with Crippen LogP contribution in [0, 0.1) is 0 Å². The van der Waals surface area contributed by atoms with E-state index in [-0.39, 0.29) is 19.0 Å². The van der Waals surface area contributed by atoms with Gasteiger partial charge in [-0.3, -0.25) is 0 Å². The van der Waals surface area contributed by atoms with Crippen LogP contribution in [-0.2, 0) is 9.47 Å². The first-order valence-electron chi connectivity index (χ1n) is 10.9. The maximum atomic E-state index is 12.7. The molecule has 0 saturated heterocycles. The number of furan rings is 1. The summed E-state index contributed by atoms with van der Waals surface area (Å²) in [7, 11) is -0.381. The number of carbonyl (C=O) groups excluding carboxylic acids is 1. The highest BCUT2D eigenvalue weighted by atomic mass is 28.3. The molecular formula is C24H31NO5Si. The monoisotopic (exact) mass is 441 g/mol. The minimum absolute atomic E-state index is 0.00182. The van der Waals surface area contributed by atoms with E-state index >= 15 is 0 Å². The topological polar surface area (TPSA) is 70.8 Å². The molecule has 2 aromatic heterocycles. The third-order valence-electron chi connectivity index (χ3n) is 6.06. The molecule has 31 heavy (non-hydrogen) atoms. The van der Waals surface area contributed by atoms with Gasteiger partial charge in [-0.15, -0.1) is 0 Å². The first kappa shape index (κ1) is 23.0. The molecular weight excluding hydrogens is 410 g/mol. The second-order valence-electron chi connectivity index (χ2n) is 7.47. The molecule has 0 amide bonds. The SMILES string of the molecule is CCOC(=O)c1cnc2oc([Si](CC)(CC)CC)c(-c3ccccc3)c2c1OCOC.